The third-order valence-corrected chi connectivity index (χ3v) is 3.31. The van der Waals surface area contributed by atoms with E-state index in [2.05, 4.69) is 49.4 Å². The predicted molar refractivity (Wildman–Crippen MR) is 78.6 cm³/mol. The van der Waals surface area contributed by atoms with Crippen molar-refractivity contribution in [3.63, 3.8) is 0 Å². The molecular weight excluding hydrogens is 234 g/mol. The maximum absolute atomic E-state index is 5.99. The van der Waals surface area contributed by atoms with Crippen LogP contribution in [0.1, 0.15) is 18.1 Å². The fraction of sp³-hybridized carbons (Fsp3) is 0.176. The molecule has 0 aliphatic carbocycles. The van der Waals surface area contributed by atoms with Crippen molar-refractivity contribution in [2.24, 2.45) is 0 Å². The van der Waals surface area contributed by atoms with Crippen molar-refractivity contribution in [3.8, 4) is 0 Å². The zero-order valence-electron chi connectivity index (χ0n) is 11.0. The Balaban J connectivity index is 1.79. The minimum Gasteiger partial charge on any atom is -0.268 e. The van der Waals surface area contributed by atoms with Crippen molar-refractivity contribution in [3.05, 3.63) is 71.8 Å². The molecule has 0 spiro atoms. The molecule has 0 fully saturated rings. The molecule has 3 rings (SSSR count). The zero-order chi connectivity index (χ0) is 13.1. The van der Waals surface area contributed by atoms with Crippen molar-refractivity contribution in [2.45, 2.75) is 19.6 Å². The first-order valence-corrected chi connectivity index (χ1v) is 6.58. The maximum atomic E-state index is 5.99. The number of fused-ring (bicyclic) bond motifs is 1. The van der Waals surface area contributed by atoms with Gasteiger partial charge in [-0.1, -0.05) is 60.7 Å². The molecule has 1 aliphatic heterocycles. The summed E-state index contributed by atoms with van der Waals surface area (Å²) in [7, 11) is 0. The van der Waals surface area contributed by atoms with Crippen LogP contribution in [0.4, 0.5) is 5.69 Å². The highest BCUT2D eigenvalue weighted by molar-refractivity contribution is 5.70. The molecule has 0 radical (unpaired) electrons. The summed E-state index contributed by atoms with van der Waals surface area (Å²) in [6.45, 7) is 2.73. The molecule has 2 aromatic carbocycles. The zero-order valence-corrected chi connectivity index (χ0v) is 11.0. The van der Waals surface area contributed by atoms with Gasteiger partial charge in [0.15, 0.2) is 0 Å². The highest BCUT2D eigenvalue weighted by atomic mass is 16.7. The van der Waals surface area contributed by atoms with E-state index < -0.39 is 0 Å². The standard InChI is InChI=1S/C17H17NO/c1-14-11-12-16-9-5-6-10-17(16)18(14)19-13-15-7-3-2-4-8-15/h2-12,14H,13H2,1H3. The summed E-state index contributed by atoms with van der Waals surface area (Å²) in [5.74, 6) is 0. The molecule has 0 bridgehead atoms. The fourth-order valence-electron chi connectivity index (χ4n) is 2.28. The smallest absolute Gasteiger partial charge is 0.0999 e. The minimum atomic E-state index is 0.249. The Kier molecular flexibility index (Phi) is 3.34. The van der Waals surface area contributed by atoms with Crippen LogP contribution in [-0.2, 0) is 11.4 Å². The normalized spacial score (nSPS) is 17.3. The molecule has 1 heterocycles. The fourth-order valence-corrected chi connectivity index (χ4v) is 2.28. The van der Waals surface area contributed by atoms with Crippen LogP contribution in [0.5, 0.6) is 0 Å². The van der Waals surface area contributed by atoms with Crippen LogP contribution in [0, 0.1) is 0 Å². The summed E-state index contributed by atoms with van der Waals surface area (Å²) in [6.07, 6.45) is 4.32. The van der Waals surface area contributed by atoms with Crippen LogP contribution in [0.25, 0.3) is 6.08 Å². The highest BCUT2D eigenvalue weighted by Crippen LogP contribution is 2.29. The average Bonchev–Trinajstić information content (AvgIpc) is 2.47. The first-order chi connectivity index (χ1) is 9.34. The van der Waals surface area contributed by atoms with Crippen LogP contribution in [0.3, 0.4) is 0 Å². The second-order valence-corrected chi connectivity index (χ2v) is 4.74. The lowest BCUT2D eigenvalue weighted by Gasteiger charge is -2.32. The quantitative estimate of drug-likeness (QED) is 0.816. The number of hydrogen-bond acceptors (Lipinski definition) is 2. The van der Waals surface area contributed by atoms with Gasteiger partial charge in [0, 0.05) is 0 Å². The molecule has 1 unspecified atom stereocenters. The first kappa shape index (κ1) is 12.0. The van der Waals surface area contributed by atoms with Gasteiger partial charge >= 0.3 is 0 Å². The largest absolute Gasteiger partial charge is 0.268 e. The Labute approximate surface area is 113 Å². The second kappa shape index (κ2) is 5.29. The average molecular weight is 251 g/mol. The molecule has 96 valence electrons. The van der Waals surface area contributed by atoms with Gasteiger partial charge in [0.2, 0.25) is 0 Å². The minimum absolute atomic E-state index is 0.249. The van der Waals surface area contributed by atoms with Gasteiger partial charge in [-0.25, -0.2) is 5.06 Å². The van der Waals surface area contributed by atoms with E-state index in [4.69, 9.17) is 4.84 Å². The topological polar surface area (TPSA) is 12.5 Å². The molecule has 1 aliphatic rings. The van der Waals surface area contributed by atoms with Crippen molar-refractivity contribution < 1.29 is 4.84 Å². The van der Waals surface area contributed by atoms with Crippen LogP contribution in [0.2, 0.25) is 0 Å². The monoisotopic (exact) mass is 251 g/mol. The number of hydroxylamine groups is 1. The second-order valence-electron chi connectivity index (χ2n) is 4.74. The van der Waals surface area contributed by atoms with E-state index in [0.29, 0.717) is 6.61 Å². The molecule has 0 saturated heterocycles. The molecule has 0 N–H and O–H groups in total. The van der Waals surface area contributed by atoms with E-state index in [1.54, 1.807) is 0 Å². The Morgan fingerprint density at radius 3 is 2.58 bits per heavy atom. The molecule has 2 heteroatoms. The number of anilines is 1. The predicted octanol–water partition coefficient (Wildman–Crippen LogP) is 4.04. The van der Waals surface area contributed by atoms with Crippen molar-refractivity contribution in [1.82, 2.24) is 0 Å². The van der Waals surface area contributed by atoms with Gasteiger partial charge in [-0.2, -0.15) is 0 Å². The van der Waals surface area contributed by atoms with Gasteiger partial charge in [-0.05, 0) is 24.1 Å². The van der Waals surface area contributed by atoms with Gasteiger partial charge in [0.25, 0.3) is 0 Å². The molecule has 0 saturated carbocycles. The number of benzene rings is 2. The third-order valence-electron chi connectivity index (χ3n) is 3.31. The van der Waals surface area contributed by atoms with E-state index in [0.717, 1.165) is 5.69 Å². The molecular formula is C17H17NO. The van der Waals surface area contributed by atoms with Crippen molar-refractivity contribution >= 4 is 11.8 Å². The van der Waals surface area contributed by atoms with Gasteiger partial charge in [0.05, 0.1) is 18.3 Å². The molecule has 1 atom stereocenters. The van der Waals surface area contributed by atoms with E-state index in [1.165, 1.54) is 11.1 Å². The lowest BCUT2D eigenvalue weighted by atomic mass is 10.1. The Hall–Kier alpha value is -2.06. The number of hydrogen-bond donors (Lipinski definition) is 0. The summed E-state index contributed by atoms with van der Waals surface area (Å²) in [5, 5.41) is 1.99. The van der Waals surface area contributed by atoms with E-state index >= 15 is 0 Å². The maximum Gasteiger partial charge on any atom is 0.0999 e. The van der Waals surface area contributed by atoms with Gasteiger partial charge in [-0.15, -0.1) is 0 Å². The summed E-state index contributed by atoms with van der Waals surface area (Å²) in [5.41, 5.74) is 3.52. The van der Waals surface area contributed by atoms with Crippen LogP contribution in [-0.4, -0.2) is 6.04 Å². The SMILES string of the molecule is CC1C=Cc2ccccc2N1OCc1ccccc1. The Bertz CT molecular complexity index is 577. The summed E-state index contributed by atoms with van der Waals surface area (Å²) < 4.78 is 0. The van der Waals surface area contributed by atoms with Crippen LogP contribution in [0.15, 0.2) is 60.7 Å². The third kappa shape index (κ3) is 2.54. The van der Waals surface area contributed by atoms with Gasteiger partial charge < -0.3 is 0 Å². The Morgan fingerprint density at radius 2 is 1.74 bits per heavy atom. The number of nitrogens with zero attached hydrogens (tertiary/aromatic N) is 1. The highest BCUT2D eigenvalue weighted by Gasteiger charge is 2.19. The summed E-state index contributed by atoms with van der Waals surface area (Å²) in [4.78, 5) is 5.99. The lowest BCUT2D eigenvalue weighted by molar-refractivity contribution is 0.0845. The van der Waals surface area contributed by atoms with Crippen LogP contribution < -0.4 is 5.06 Å². The lowest BCUT2D eigenvalue weighted by Crippen LogP contribution is -2.33. The van der Waals surface area contributed by atoms with E-state index in [-0.39, 0.29) is 6.04 Å². The van der Waals surface area contributed by atoms with E-state index in [9.17, 15) is 0 Å². The molecule has 0 amide bonds. The summed E-state index contributed by atoms with van der Waals surface area (Å²) >= 11 is 0. The number of para-hydroxylation sites is 1. The molecule has 2 aromatic rings. The van der Waals surface area contributed by atoms with Crippen molar-refractivity contribution in [2.75, 3.05) is 5.06 Å². The molecule has 0 aromatic heterocycles. The first-order valence-electron chi connectivity index (χ1n) is 6.58. The van der Waals surface area contributed by atoms with Crippen molar-refractivity contribution in [1.29, 1.82) is 0 Å². The van der Waals surface area contributed by atoms with Gasteiger partial charge in [-0.3, -0.25) is 4.84 Å². The van der Waals surface area contributed by atoms with Gasteiger partial charge in [0.1, 0.15) is 0 Å². The number of rotatable bonds is 3. The summed E-state index contributed by atoms with van der Waals surface area (Å²) in [6, 6.07) is 18.8. The molecule has 19 heavy (non-hydrogen) atoms. The van der Waals surface area contributed by atoms with Crippen LogP contribution >= 0.6 is 0 Å². The Morgan fingerprint density at radius 1 is 1.00 bits per heavy atom. The van der Waals surface area contributed by atoms with E-state index in [1.807, 2.05) is 29.3 Å². The molecule has 2 nitrogen and oxygen atoms in total.